The normalized spacial score (nSPS) is 7.31. The van der Waals surface area contributed by atoms with E-state index in [2.05, 4.69) is 59.4 Å². The van der Waals surface area contributed by atoms with E-state index in [0.29, 0.717) is 0 Å². The van der Waals surface area contributed by atoms with Crippen LogP contribution in [0.5, 0.6) is 0 Å². The van der Waals surface area contributed by atoms with Gasteiger partial charge < -0.3 is 0 Å². The average molecular weight is 374 g/mol. The van der Waals surface area contributed by atoms with Crippen LogP contribution >= 0.6 is 0 Å². The number of terminal acetylenes is 1. The number of hydrogen-bond acceptors (Lipinski definition) is 1. The number of unbranched alkanes of at least 4 members (excludes halogenated alkanes) is 6. The van der Waals surface area contributed by atoms with Crippen LogP contribution in [-0.4, -0.2) is 12.8 Å². The van der Waals surface area contributed by atoms with Crippen LogP contribution in [0.4, 0.5) is 0 Å². The monoisotopic (exact) mass is 373 g/mol. The van der Waals surface area contributed by atoms with Gasteiger partial charge >= 0.3 is 0 Å². The van der Waals surface area contributed by atoms with Crippen LogP contribution in [0.25, 0.3) is 0 Å². The van der Waals surface area contributed by atoms with Gasteiger partial charge in [0.25, 0.3) is 0 Å². The Bertz CT molecular complexity index is 127. The second-order valence-corrected chi connectivity index (χ2v) is 4.82. The van der Waals surface area contributed by atoms with Gasteiger partial charge in [-0.3, -0.25) is 4.99 Å². The Morgan fingerprint density at radius 3 is 0.731 bits per heavy atom. The van der Waals surface area contributed by atoms with Crippen molar-refractivity contribution in [2.45, 2.75) is 141 Å². The summed E-state index contributed by atoms with van der Waals surface area (Å²) in [6.45, 7) is 26.1. The molecule has 0 rings (SSSR count). The molecular formula is C25H59N. The Kier molecular flexibility index (Phi) is 178. The summed E-state index contributed by atoms with van der Waals surface area (Å²) >= 11 is 0. The van der Waals surface area contributed by atoms with Crippen molar-refractivity contribution in [3.8, 4) is 12.8 Å². The molecule has 0 radical (unpaired) electrons. The molecule has 0 amide bonds. The van der Waals surface area contributed by atoms with Crippen LogP contribution in [0.2, 0.25) is 0 Å². The molecule has 26 heavy (non-hydrogen) atoms. The second kappa shape index (κ2) is 104. The van der Waals surface area contributed by atoms with E-state index in [1.165, 1.54) is 57.8 Å². The summed E-state index contributed by atoms with van der Waals surface area (Å²) < 4.78 is 0. The van der Waals surface area contributed by atoms with Gasteiger partial charge in [-0.15, -0.1) is 12.8 Å². The van der Waals surface area contributed by atoms with Crippen molar-refractivity contribution in [2.24, 2.45) is 4.99 Å². The van der Waals surface area contributed by atoms with E-state index in [9.17, 15) is 0 Å². The highest BCUT2D eigenvalue weighted by molar-refractivity contribution is 5.52. The second-order valence-electron chi connectivity index (χ2n) is 4.82. The van der Waals surface area contributed by atoms with E-state index < -0.39 is 0 Å². The van der Waals surface area contributed by atoms with Crippen LogP contribution < -0.4 is 0 Å². The van der Waals surface area contributed by atoms with Gasteiger partial charge in [0.1, 0.15) is 0 Å². The summed E-state index contributed by atoms with van der Waals surface area (Å²) in [6.07, 6.45) is 22.0. The molecule has 1 heteroatoms. The third-order valence-corrected chi connectivity index (χ3v) is 2.49. The smallest absolute Gasteiger partial charge is 0.0356 e. The number of hydrogen-bond donors (Lipinski definition) is 0. The summed E-state index contributed by atoms with van der Waals surface area (Å²) in [7, 11) is 0. The maximum atomic E-state index is 4.00. The predicted molar refractivity (Wildman–Crippen MR) is 133 cm³/mol. The van der Waals surface area contributed by atoms with Crippen molar-refractivity contribution < 1.29 is 0 Å². The molecule has 164 valence electrons. The molecule has 0 aromatic carbocycles. The lowest BCUT2D eigenvalue weighted by atomic mass is 10.3. The summed E-state index contributed by atoms with van der Waals surface area (Å²) in [5.41, 5.74) is 0. The van der Waals surface area contributed by atoms with Crippen molar-refractivity contribution in [3.63, 3.8) is 0 Å². The van der Waals surface area contributed by atoms with Crippen LogP contribution in [0.1, 0.15) is 141 Å². The highest BCUT2D eigenvalue weighted by Crippen LogP contribution is 1.89. The van der Waals surface area contributed by atoms with Crippen molar-refractivity contribution in [1.82, 2.24) is 0 Å². The van der Waals surface area contributed by atoms with Crippen molar-refractivity contribution in [2.75, 3.05) is 6.54 Å². The predicted octanol–water partition coefficient (Wildman–Crippen LogP) is 9.99. The molecule has 0 atom stereocenters. The van der Waals surface area contributed by atoms with E-state index in [1.807, 2.05) is 41.5 Å². The van der Waals surface area contributed by atoms with Crippen LogP contribution in [0, 0.1) is 12.8 Å². The van der Waals surface area contributed by atoms with Gasteiger partial charge in [0, 0.05) is 6.54 Å². The molecule has 0 fully saturated rings. The summed E-state index contributed by atoms with van der Waals surface area (Å²) in [4.78, 5) is 3.85. The molecule has 0 N–H and O–H groups in total. The quantitative estimate of drug-likeness (QED) is 0.311. The largest absolute Gasteiger partial charge is 0.298 e. The molecule has 0 unspecified atom stereocenters. The highest BCUT2D eigenvalue weighted by atomic mass is 14.7. The molecule has 0 aromatic heterocycles. The number of rotatable bonds is 7. The fraction of sp³-hybridized carbons (Fsp3) is 0.880. The lowest BCUT2D eigenvalue weighted by Gasteiger charge is -1.79. The average Bonchev–Trinajstić information content (AvgIpc) is 2.71. The molecule has 0 spiro atoms. The van der Waals surface area contributed by atoms with E-state index in [0.717, 1.165) is 6.54 Å². The fourth-order valence-corrected chi connectivity index (χ4v) is 1.24. The molecule has 0 aliphatic carbocycles. The van der Waals surface area contributed by atoms with Crippen LogP contribution in [-0.2, 0) is 0 Å². The lowest BCUT2D eigenvalue weighted by Crippen LogP contribution is -1.62. The molecule has 0 aromatic rings. The van der Waals surface area contributed by atoms with Gasteiger partial charge in [-0.1, -0.05) is 127 Å². The number of nitrogens with zero attached hydrogens (tertiary/aromatic N) is 1. The third kappa shape index (κ3) is 220. The van der Waals surface area contributed by atoms with Gasteiger partial charge in [0.2, 0.25) is 0 Å². The van der Waals surface area contributed by atoms with Gasteiger partial charge in [0.05, 0.1) is 0 Å². The topological polar surface area (TPSA) is 12.4 Å². The van der Waals surface area contributed by atoms with Crippen molar-refractivity contribution in [3.05, 3.63) is 0 Å². The summed E-state index contributed by atoms with van der Waals surface area (Å²) in [5, 5.41) is 0. The Balaban J connectivity index is -0.0000000337. The molecule has 0 aliphatic rings. The third-order valence-electron chi connectivity index (χ3n) is 2.49. The molecule has 0 saturated carbocycles. The van der Waals surface area contributed by atoms with E-state index in [1.54, 1.807) is 6.21 Å². The lowest BCUT2D eigenvalue weighted by molar-refractivity contribution is 0.772. The Hall–Kier alpha value is -0.770. The van der Waals surface area contributed by atoms with E-state index in [-0.39, 0.29) is 0 Å². The molecular weight excluding hydrogens is 314 g/mol. The molecule has 0 saturated heterocycles. The van der Waals surface area contributed by atoms with Gasteiger partial charge in [-0.25, -0.2) is 0 Å². The maximum absolute atomic E-state index is 4.00. The fourth-order valence-electron chi connectivity index (χ4n) is 1.24. The zero-order valence-corrected chi connectivity index (χ0v) is 21.3. The Morgan fingerprint density at radius 2 is 0.731 bits per heavy atom. The van der Waals surface area contributed by atoms with Gasteiger partial charge in [-0.05, 0) is 20.1 Å². The first-order valence-corrected chi connectivity index (χ1v) is 11.4. The van der Waals surface area contributed by atoms with E-state index in [4.69, 9.17) is 0 Å². The molecule has 1 nitrogen and oxygen atoms in total. The minimum atomic E-state index is 0.913. The van der Waals surface area contributed by atoms with Gasteiger partial charge in [-0.2, -0.15) is 0 Å². The SMILES string of the molecule is C#C.CC.CC.CC=NCC.CCCCC.CCCCC.CCCCC. The highest BCUT2D eigenvalue weighted by Gasteiger charge is 1.69. The molecule has 0 aliphatic heterocycles. The maximum Gasteiger partial charge on any atom is 0.0356 e. The Morgan fingerprint density at radius 1 is 0.538 bits per heavy atom. The first kappa shape index (κ1) is 44.6. The molecule has 0 heterocycles. The first-order valence-electron chi connectivity index (χ1n) is 11.4. The van der Waals surface area contributed by atoms with E-state index >= 15 is 0 Å². The molecule has 0 bridgehead atoms. The summed E-state index contributed by atoms with van der Waals surface area (Å²) in [6, 6.07) is 0. The minimum Gasteiger partial charge on any atom is -0.298 e. The van der Waals surface area contributed by atoms with Crippen LogP contribution in [0.15, 0.2) is 4.99 Å². The summed E-state index contributed by atoms with van der Waals surface area (Å²) in [5.74, 6) is 0. The Labute approximate surface area is 171 Å². The zero-order valence-electron chi connectivity index (χ0n) is 21.3. The van der Waals surface area contributed by atoms with Crippen LogP contribution in [0.3, 0.4) is 0 Å². The standard InChI is InChI=1S/3C5H12.C4H9N.2C2H6.C2H2/c4*1-3-5-4-2;3*1-2/h3*3-5H2,1-2H3;3H,4H2,1-2H3;2*1-2H3;1-2H. The van der Waals surface area contributed by atoms with Gasteiger partial charge in [0.15, 0.2) is 0 Å². The van der Waals surface area contributed by atoms with Crippen molar-refractivity contribution in [1.29, 1.82) is 0 Å². The minimum absolute atomic E-state index is 0.913. The zero-order chi connectivity index (χ0) is 22.5. The first-order chi connectivity index (χ1) is 12.7. The number of aliphatic imine (C=N–C) groups is 1. The van der Waals surface area contributed by atoms with Crippen molar-refractivity contribution >= 4 is 6.21 Å².